The van der Waals surface area contributed by atoms with Crippen molar-refractivity contribution in [2.75, 3.05) is 7.05 Å². The molecular formula is C16H24N2O. The largest absolute Gasteiger partial charge is 0.465 e. The zero-order valence-corrected chi connectivity index (χ0v) is 12.2. The van der Waals surface area contributed by atoms with Gasteiger partial charge in [0.15, 0.2) is 0 Å². The fraction of sp³-hybridized carbons (Fsp3) is 0.688. The van der Waals surface area contributed by atoms with E-state index in [-0.39, 0.29) is 5.92 Å². The monoisotopic (exact) mass is 260 g/mol. The van der Waals surface area contributed by atoms with E-state index in [9.17, 15) is 5.26 Å². The number of rotatable bonds is 4. The van der Waals surface area contributed by atoms with Crippen LogP contribution in [0.4, 0.5) is 0 Å². The molecule has 0 spiro atoms. The molecule has 1 aliphatic carbocycles. The Morgan fingerprint density at radius 3 is 2.79 bits per heavy atom. The van der Waals surface area contributed by atoms with Crippen molar-refractivity contribution in [1.29, 1.82) is 5.26 Å². The number of aryl methyl sites for hydroxylation is 1. The standard InChI is InChI=1S/C16H24N2O/c1-4-13-6-7-14(10-17)16(9-13)18(3)11-15-8-5-12(2)19-15/h5,8,13-14,16H,4,6-7,9,11H2,1-3H3. The molecular weight excluding hydrogens is 236 g/mol. The highest BCUT2D eigenvalue weighted by Gasteiger charge is 2.32. The molecule has 1 fully saturated rings. The third-order valence-corrected chi connectivity index (χ3v) is 4.44. The van der Waals surface area contributed by atoms with Gasteiger partial charge in [-0.3, -0.25) is 4.90 Å². The summed E-state index contributed by atoms with van der Waals surface area (Å²) in [5.41, 5.74) is 0. The van der Waals surface area contributed by atoms with Gasteiger partial charge in [0.2, 0.25) is 0 Å². The second-order valence-corrected chi connectivity index (χ2v) is 5.82. The average molecular weight is 260 g/mol. The molecule has 0 aliphatic heterocycles. The molecule has 1 aromatic heterocycles. The Kier molecular flexibility index (Phi) is 4.66. The van der Waals surface area contributed by atoms with Crippen LogP contribution in [0.3, 0.4) is 0 Å². The Balaban J connectivity index is 2.02. The molecule has 0 bridgehead atoms. The first-order chi connectivity index (χ1) is 9.13. The van der Waals surface area contributed by atoms with E-state index in [0.717, 1.165) is 36.8 Å². The van der Waals surface area contributed by atoms with E-state index in [1.54, 1.807) is 0 Å². The van der Waals surface area contributed by atoms with Crippen molar-refractivity contribution in [3.8, 4) is 6.07 Å². The fourth-order valence-electron chi connectivity index (χ4n) is 3.17. The molecule has 3 unspecified atom stereocenters. The summed E-state index contributed by atoms with van der Waals surface area (Å²) in [7, 11) is 2.12. The third kappa shape index (κ3) is 3.39. The van der Waals surface area contributed by atoms with E-state index < -0.39 is 0 Å². The zero-order chi connectivity index (χ0) is 13.8. The predicted octanol–water partition coefficient (Wildman–Crippen LogP) is 3.74. The quantitative estimate of drug-likeness (QED) is 0.828. The first-order valence-electron chi connectivity index (χ1n) is 7.29. The van der Waals surface area contributed by atoms with E-state index in [4.69, 9.17) is 4.42 Å². The number of furan rings is 1. The molecule has 0 aromatic carbocycles. The molecule has 1 aromatic rings. The molecule has 1 heterocycles. The zero-order valence-electron chi connectivity index (χ0n) is 12.2. The Hall–Kier alpha value is -1.27. The molecule has 104 valence electrons. The molecule has 0 saturated heterocycles. The summed E-state index contributed by atoms with van der Waals surface area (Å²) >= 11 is 0. The minimum atomic E-state index is 0.170. The average Bonchev–Trinajstić information content (AvgIpc) is 2.83. The number of nitriles is 1. The van der Waals surface area contributed by atoms with Gasteiger partial charge in [-0.2, -0.15) is 5.26 Å². The van der Waals surface area contributed by atoms with Gasteiger partial charge in [0, 0.05) is 6.04 Å². The van der Waals surface area contributed by atoms with Crippen LogP contribution in [0, 0.1) is 30.1 Å². The maximum atomic E-state index is 9.34. The highest BCUT2D eigenvalue weighted by atomic mass is 16.3. The minimum Gasteiger partial charge on any atom is -0.465 e. The van der Waals surface area contributed by atoms with Gasteiger partial charge in [-0.15, -0.1) is 0 Å². The van der Waals surface area contributed by atoms with Gasteiger partial charge in [0.05, 0.1) is 18.5 Å². The lowest BCUT2D eigenvalue weighted by Crippen LogP contribution is -2.41. The van der Waals surface area contributed by atoms with Crippen LogP contribution in [0.25, 0.3) is 0 Å². The van der Waals surface area contributed by atoms with Crippen LogP contribution in [-0.4, -0.2) is 18.0 Å². The van der Waals surface area contributed by atoms with Crippen LogP contribution in [0.1, 0.15) is 44.1 Å². The van der Waals surface area contributed by atoms with Gasteiger partial charge < -0.3 is 4.42 Å². The van der Waals surface area contributed by atoms with E-state index >= 15 is 0 Å². The molecule has 3 atom stereocenters. The lowest BCUT2D eigenvalue weighted by atomic mass is 9.77. The van der Waals surface area contributed by atoms with Crippen LogP contribution < -0.4 is 0 Å². The van der Waals surface area contributed by atoms with Crippen LogP contribution >= 0.6 is 0 Å². The maximum absolute atomic E-state index is 9.34. The smallest absolute Gasteiger partial charge is 0.118 e. The molecule has 3 nitrogen and oxygen atoms in total. The van der Waals surface area contributed by atoms with Crippen molar-refractivity contribution in [2.24, 2.45) is 11.8 Å². The maximum Gasteiger partial charge on any atom is 0.118 e. The Labute approximate surface area is 116 Å². The number of hydrogen-bond donors (Lipinski definition) is 0. The molecule has 19 heavy (non-hydrogen) atoms. The summed E-state index contributed by atoms with van der Waals surface area (Å²) < 4.78 is 5.64. The van der Waals surface area contributed by atoms with E-state index in [1.165, 1.54) is 12.8 Å². The topological polar surface area (TPSA) is 40.2 Å². The van der Waals surface area contributed by atoms with Crippen molar-refractivity contribution in [3.63, 3.8) is 0 Å². The third-order valence-electron chi connectivity index (χ3n) is 4.44. The van der Waals surface area contributed by atoms with Crippen molar-refractivity contribution < 1.29 is 4.42 Å². The van der Waals surface area contributed by atoms with Crippen LogP contribution in [-0.2, 0) is 6.54 Å². The second kappa shape index (κ2) is 6.25. The first-order valence-corrected chi connectivity index (χ1v) is 7.29. The molecule has 1 aliphatic rings. The molecule has 1 saturated carbocycles. The summed E-state index contributed by atoms with van der Waals surface area (Å²) in [6.45, 7) is 5.02. The van der Waals surface area contributed by atoms with Crippen molar-refractivity contribution in [1.82, 2.24) is 4.90 Å². The van der Waals surface area contributed by atoms with Crippen molar-refractivity contribution in [2.45, 2.75) is 52.1 Å². The van der Waals surface area contributed by atoms with Crippen LogP contribution in [0.2, 0.25) is 0 Å². The second-order valence-electron chi connectivity index (χ2n) is 5.82. The lowest BCUT2D eigenvalue weighted by molar-refractivity contribution is 0.111. The predicted molar refractivity (Wildman–Crippen MR) is 75.4 cm³/mol. The fourth-order valence-corrected chi connectivity index (χ4v) is 3.17. The number of hydrogen-bond acceptors (Lipinski definition) is 3. The summed E-state index contributed by atoms with van der Waals surface area (Å²) in [4.78, 5) is 2.30. The van der Waals surface area contributed by atoms with Gasteiger partial charge in [-0.1, -0.05) is 13.3 Å². The van der Waals surface area contributed by atoms with Gasteiger partial charge in [-0.25, -0.2) is 0 Å². The molecule has 2 rings (SSSR count). The van der Waals surface area contributed by atoms with Crippen molar-refractivity contribution in [3.05, 3.63) is 23.7 Å². The van der Waals surface area contributed by atoms with Gasteiger partial charge in [0.1, 0.15) is 11.5 Å². The highest BCUT2D eigenvalue weighted by Crippen LogP contribution is 2.33. The molecule has 0 N–H and O–H groups in total. The van der Waals surface area contributed by atoms with Gasteiger partial charge in [0.25, 0.3) is 0 Å². The van der Waals surface area contributed by atoms with Crippen molar-refractivity contribution >= 4 is 0 Å². The normalized spacial score (nSPS) is 27.4. The first kappa shape index (κ1) is 14.1. The van der Waals surface area contributed by atoms with Crippen LogP contribution in [0.5, 0.6) is 0 Å². The summed E-state index contributed by atoms with van der Waals surface area (Å²) in [6, 6.07) is 6.90. The van der Waals surface area contributed by atoms with E-state index in [0.29, 0.717) is 6.04 Å². The number of nitrogens with zero attached hydrogens (tertiary/aromatic N) is 2. The minimum absolute atomic E-state index is 0.170. The van der Waals surface area contributed by atoms with Gasteiger partial charge >= 0.3 is 0 Å². The molecule has 3 heteroatoms. The SMILES string of the molecule is CCC1CCC(C#N)C(N(C)Cc2ccc(C)o2)C1. The summed E-state index contributed by atoms with van der Waals surface area (Å²) in [5.74, 6) is 2.89. The summed E-state index contributed by atoms with van der Waals surface area (Å²) in [5, 5.41) is 9.34. The molecule has 0 amide bonds. The summed E-state index contributed by atoms with van der Waals surface area (Å²) in [6.07, 6.45) is 4.62. The van der Waals surface area contributed by atoms with E-state index in [2.05, 4.69) is 24.9 Å². The Morgan fingerprint density at radius 1 is 1.42 bits per heavy atom. The van der Waals surface area contributed by atoms with Crippen LogP contribution in [0.15, 0.2) is 16.5 Å². The lowest BCUT2D eigenvalue weighted by Gasteiger charge is -2.37. The van der Waals surface area contributed by atoms with E-state index in [1.807, 2.05) is 19.1 Å². The Morgan fingerprint density at radius 2 is 2.21 bits per heavy atom. The van der Waals surface area contributed by atoms with Gasteiger partial charge in [-0.05, 0) is 51.3 Å². The molecule has 0 radical (unpaired) electrons. The highest BCUT2D eigenvalue weighted by molar-refractivity contribution is 5.06. The Bertz CT molecular complexity index is 446.